The van der Waals surface area contributed by atoms with Crippen molar-refractivity contribution in [1.82, 2.24) is 28.7 Å². The maximum atomic E-state index is 5.21. The molecule has 214 valence electrons. The van der Waals surface area contributed by atoms with Crippen LogP contribution in [0.4, 0.5) is 0 Å². The predicted octanol–water partition coefficient (Wildman–Crippen LogP) is 8.53. The van der Waals surface area contributed by atoms with Crippen LogP contribution in [0.3, 0.4) is 0 Å². The van der Waals surface area contributed by atoms with Gasteiger partial charge in [0.05, 0.1) is 34.5 Å². The molecule has 0 spiro atoms. The average molecular weight is 615 g/mol. The first kappa shape index (κ1) is 28.5. The Balaban J connectivity index is 0.00000316. The van der Waals surface area contributed by atoms with Gasteiger partial charge in [-0.1, -0.05) is 69.2 Å². The van der Waals surface area contributed by atoms with Crippen LogP contribution in [0.15, 0.2) is 36.4 Å². The number of fused-ring (bicyclic) bond motifs is 13. The van der Waals surface area contributed by atoms with Crippen LogP contribution in [-0.4, -0.2) is 18.7 Å². The summed E-state index contributed by atoms with van der Waals surface area (Å²) in [4.78, 5) is 20.7. The average Bonchev–Trinajstić information content (AvgIpc) is 3.76. The zero-order chi connectivity index (χ0) is 28.4. The summed E-state index contributed by atoms with van der Waals surface area (Å²) in [7, 11) is 0. The first-order valence-corrected chi connectivity index (χ1v) is 15.3. The molecule has 7 rings (SSSR count). The quantitative estimate of drug-likeness (QED) is 0.189. The largest absolute Gasteiger partial charge is 2.00 e. The van der Waals surface area contributed by atoms with E-state index in [1.54, 1.807) is 0 Å². The van der Waals surface area contributed by atoms with Crippen LogP contribution < -0.4 is 9.97 Å². The van der Waals surface area contributed by atoms with Crippen molar-refractivity contribution in [3.05, 3.63) is 70.3 Å². The summed E-state index contributed by atoms with van der Waals surface area (Å²) in [6, 6.07) is 12.8. The molecule has 0 saturated carbocycles. The van der Waals surface area contributed by atoms with Crippen LogP contribution in [-0.2, 0) is 29.3 Å². The Morgan fingerprint density at radius 3 is 1.69 bits per heavy atom. The first-order chi connectivity index (χ1) is 19.9. The molecule has 6 heterocycles. The Morgan fingerprint density at radius 2 is 1.14 bits per heavy atom. The van der Waals surface area contributed by atoms with E-state index in [2.05, 4.69) is 80.6 Å². The third kappa shape index (κ3) is 4.26. The van der Waals surface area contributed by atoms with Gasteiger partial charge in [0, 0.05) is 0 Å². The van der Waals surface area contributed by atoms with Gasteiger partial charge >= 0.3 is 16.5 Å². The zero-order valence-electron chi connectivity index (χ0n) is 24.7. The van der Waals surface area contributed by atoms with E-state index >= 15 is 0 Å². The standard InChI is InChI=1S/C34H32N6S.Ni/c1-7-19-17(5)25-13-29-21(9-3)22(10-4)30(37-29)14-26-18(6)20(8-2)28(36-26)16-32-33-23(31(38-32)15-27(19)35-25)11-12-24-34(33)40-41-39-24;/h11-16H,7-10H2,1-6H3;/q-2;+2. The minimum absolute atomic E-state index is 0. The number of aryl methyl sites for hydroxylation is 2. The molecule has 0 fully saturated rings. The second-order valence-corrected chi connectivity index (χ2v) is 11.3. The van der Waals surface area contributed by atoms with Gasteiger partial charge in [-0.05, 0) is 78.7 Å². The molecule has 0 amide bonds. The Kier molecular flexibility index (Phi) is 7.40. The van der Waals surface area contributed by atoms with E-state index in [0.717, 1.165) is 92.3 Å². The SMILES string of the molecule is CCC1=C(C)c2cc3[n-]c(cc4nc(cc5[n-]c(cc1n2)c1ccc2nsnc2c51)C(CC)=C4C)c(CC)c3CC.[Ni+2]. The Bertz CT molecular complexity index is 2120. The molecule has 2 aliphatic rings. The summed E-state index contributed by atoms with van der Waals surface area (Å²) in [5.41, 5.74) is 17.0. The van der Waals surface area contributed by atoms with E-state index in [1.165, 1.54) is 45.1 Å². The molecule has 6 nitrogen and oxygen atoms in total. The fraction of sp³-hybridized carbons (Fsp3) is 0.294. The number of allylic oxidation sites excluding steroid dienone is 4. The molecule has 8 bridgehead atoms. The van der Waals surface area contributed by atoms with Gasteiger partial charge < -0.3 is 9.97 Å². The van der Waals surface area contributed by atoms with Crippen LogP contribution in [0, 0.1) is 0 Å². The molecular weight excluding hydrogens is 583 g/mol. The van der Waals surface area contributed by atoms with Gasteiger partial charge in [0.1, 0.15) is 11.0 Å². The van der Waals surface area contributed by atoms with Crippen molar-refractivity contribution in [2.75, 3.05) is 0 Å². The molecule has 0 radical (unpaired) electrons. The Labute approximate surface area is 259 Å². The number of hydrogen-bond acceptors (Lipinski definition) is 5. The molecule has 0 saturated heterocycles. The van der Waals surface area contributed by atoms with Crippen LogP contribution in [0.1, 0.15) is 88.3 Å². The van der Waals surface area contributed by atoms with Gasteiger partial charge in [-0.2, -0.15) is 8.75 Å². The van der Waals surface area contributed by atoms with E-state index in [4.69, 9.17) is 19.9 Å². The monoisotopic (exact) mass is 614 g/mol. The fourth-order valence-electron chi connectivity index (χ4n) is 6.57. The van der Waals surface area contributed by atoms with Gasteiger partial charge in [-0.25, -0.2) is 9.97 Å². The summed E-state index contributed by atoms with van der Waals surface area (Å²) in [5, 5.41) is 2.08. The fourth-order valence-corrected chi connectivity index (χ4v) is 7.11. The van der Waals surface area contributed by atoms with Crippen molar-refractivity contribution in [2.24, 2.45) is 0 Å². The van der Waals surface area contributed by atoms with Gasteiger partial charge in [-0.3, -0.25) is 0 Å². The number of aromatic nitrogens is 6. The van der Waals surface area contributed by atoms with Crippen LogP contribution in [0.5, 0.6) is 0 Å². The number of nitrogens with zero attached hydrogens (tertiary/aromatic N) is 6. The summed E-state index contributed by atoms with van der Waals surface area (Å²) < 4.78 is 9.20. The third-order valence-corrected chi connectivity index (χ3v) is 9.25. The van der Waals surface area contributed by atoms with E-state index in [-0.39, 0.29) is 16.5 Å². The van der Waals surface area contributed by atoms with Crippen molar-refractivity contribution in [3.8, 4) is 0 Å². The van der Waals surface area contributed by atoms with Crippen molar-refractivity contribution in [3.63, 3.8) is 0 Å². The van der Waals surface area contributed by atoms with Gasteiger partial charge in [-0.15, -0.1) is 22.1 Å². The second-order valence-electron chi connectivity index (χ2n) is 10.8. The Morgan fingerprint density at radius 1 is 0.619 bits per heavy atom. The van der Waals surface area contributed by atoms with E-state index in [9.17, 15) is 0 Å². The minimum atomic E-state index is 0. The summed E-state index contributed by atoms with van der Waals surface area (Å²) in [6.45, 7) is 13.2. The third-order valence-electron chi connectivity index (χ3n) is 8.71. The van der Waals surface area contributed by atoms with Gasteiger partial charge in [0.15, 0.2) is 0 Å². The number of rotatable bonds is 4. The van der Waals surface area contributed by atoms with Crippen LogP contribution in [0.25, 0.3) is 66.2 Å². The van der Waals surface area contributed by atoms with E-state index < -0.39 is 0 Å². The van der Waals surface area contributed by atoms with E-state index in [0.29, 0.717) is 0 Å². The summed E-state index contributed by atoms with van der Waals surface area (Å²) in [6.07, 6.45) is 3.63. The molecule has 1 aromatic carbocycles. The molecule has 0 atom stereocenters. The van der Waals surface area contributed by atoms with E-state index in [1.807, 2.05) is 6.07 Å². The first-order valence-electron chi connectivity index (χ1n) is 14.6. The molecule has 2 aliphatic heterocycles. The molecule has 42 heavy (non-hydrogen) atoms. The summed E-state index contributed by atoms with van der Waals surface area (Å²) >= 11 is 1.24. The molecular formula is C34H32N6NiS. The molecule has 0 unspecified atom stereocenters. The van der Waals surface area contributed by atoms with Crippen molar-refractivity contribution in [1.29, 1.82) is 0 Å². The molecule has 8 heteroatoms. The van der Waals surface area contributed by atoms with Gasteiger partial charge in [0.2, 0.25) is 0 Å². The zero-order valence-corrected chi connectivity index (χ0v) is 26.5. The maximum absolute atomic E-state index is 5.21. The van der Waals surface area contributed by atoms with Crippen molar-refractivity contribution in [2.45, 2.75) is 67.2 Å². The smallest absolute Gasteiger partial charge is 0.657 e. The molecule has 0 N–H and O–H groups in total. The van der Waals surface area contributed by atoms with Gasteiger partial charge in [0.25, 0.3) is 0 Å². The number of benzene rings is 1. The molecule has 0 aliphatic carbocycles. The Hall–Kier alpha value is -3.61. The molecule has 4 aromatic heterocycles. The maximum Gasteiger partial charge on any atom is 2.00 e. The topological polar surface area (TPSA) is 79.8 Å². The number of hydrogen-bond donors (Lipinski definition) is 0. The normalized spacial score (nSPS) is 13.5. The van der Waals surface area contributed by atoms with Crippen LogP contribution >= 0.6 is 11.7 Å². The predicted molar refractivity (Wildman–Crippen MR) is 172 cm³/mol. The second kappa shape index (κ2) is 10.9. The molecule has 5 aromatic rings. The summed E-state index contributed by atoms with van der Waals surface area (Å²) in [5.74, 6) is 0. The minimum Gasteiger partial charge on any atom is -0.657 e. The van der Waals surface area contributed by atoms with Crippen LogP contribution in [0.2, 0.25) is 0 Å². The van der Waals surface area contributed by atoms with Crippen molar-refractivity contribution < 1.29 is 16.5 Å². The van der Waals surface area contributed by atoms with Crippen molar-refractivity contribution >= 4 is 77.9 Å².